The van der Waals surface area contributed by atoms with Gasteiger partial charge in [-0.2, -0.15) is 0 Å². The highest BCUT2D eigenvalue weighted by Gasteiger charge is 2.21. The van der Waals surface area contributed by atoms with Gasteiger partial charge in [0.25, 0.3) is 5.91 Å². The van der Waals surface area contributed by atoms with E-state index in [4.69, 9.17) is 9.47 Å². The Hall–Kier alpha value is -2.84. The molecule has 0 aliphatic rings. The van der Waals surface area contributed by atoms with Crippen molar-refractivity contribution in [3.63, 3.8) is 0 Å². The van der Waals surface area contributed by atoms with Crippen LogP contribution >= 0.6 is 0 Å². The fourth-order valence-electron chi connectivity index (χ4n) is 2.84. The quantitative estimate of drug-likeness (QED) is 0.665. The lowest BCUT2D eigenvalue weighted by Gasteiger charge is -2.16. The van der Waals surface area contributed by atoms with E-state index < -0.39 is 15.9 Å². The zero-order chi connectivity index (χ0) is 21.8. The van der Waals surface area contributed by atoms with Gasteiger partial charge < -0.3 is 14.8 Å². The van der Waals surface area contributed by atoms with Crippen molar-refractivity contribution < 1.29 is 22.7 Å². The van der Waals surface area contributed by atoms with Crippen LogP contribution in [-0.2, 0) is 16.4 Å². The van der Waals surface area contributed by atoms with Gasteiger partial charge in [-0.3, -0.25) is 4.79 Å². The van der Waals surface area contributed by atoms with E-state index in [1.165, 1.54) is 34.4 Å². The van der Waals surface area contributed by atoms with E-state index in [0.717, 1.165) is 9.87 Å². The number of hydrogen-bond acceptors (Lipinski definition) is 5. The van der Waals surface area contributed by atoms with E-state index in [1.807, 2.05) is 0 Å². The summed E-state index contributed by atoms with van der Waals surface area (Å²) in [4.78, 5) is 13.0. The van der Waals surface area contributed by atoms with Crippen LogP contribution in [0.5, 0.6) is 11.5 Å². The second-order valence-corrected chi connectivity index (χ2v) is 8.71. The summed E-state index contributed by atoms with van der Waals surface area (Å²) in [6.45, 7) is 5.43. The lowest BCUT2D eigenvalue weighted by atomic mass is 10.0. The molecular weight excluding hydrogens is 392 g/mol. The predicted molar refractivity (Wildman–Crippen MR) is 113 cm³/mol. The molecule has 29 heavy (non-hydrogen) atoms. The fourth-order valence-corrected chi connectivity index (χ4v) is 3.98. The van der Waals surface area contributed by atoms with Crippen LogP contribution in [0, 0.1) is 6.92 Å². The molecule has 0 aliphatic heterocycles. The summed E-state index contributed by atoms with van der Waals surface area (Å²) >= 11 is 0. The van der Waals surface area contributed by atoms with Crippen molar-refractivity contribution in [3.05, 3.63) is 59.7 Å². The number of aryl methyl sites for hydroxylation is 1. The maximum Gasteiger partial charge on any atom is 0.255 e. The molecule has 0 bridgehead atoms. The maximum atomic E-state index is 12.8. The van der Waals surface area contributed by atoms with Crippen LogP contribution in [-0.4, -0.2) is 46.9 Å². The first kappa shape index (κ1) is 22.4. The summed E-state index contributed by atoms with van der Waals surface area (Å²) in [5.74, 6) is 0.573. The fraction of sp³-hybridized carbons (Fsp3) is 0.286. The molecule has 1 amide bonds. The van der Waals surface area contributed by atoms with Gasteiger partial charge in [-0.1, -0.05) is 12.1 Å². The summed E-state index contributed by atoms with van der Waals surface area (Å²) < 4.78 is 36.9. The largest absolute Gasteiger partial charge is 0.493 e. The first-order valence-electron chi connectivity index (χ1n) is 8.86. The van der Waals surface area contributed by atoms with Crippen molar-refractivity contribution in [3.8, 4) is 11.5 Å². The van der Waals surface area contributed by atoms with Gasteiger partial charge >= 0.3 is 0 Å². The lowest BCUT2D eigenvalue weighted by Crippen LogP contribution is -2.23. The van der Waals surface area contributed by atoms with Crippen LogP contribution in [0.2, 0.25) is 0 Å². The van der Waals surface area contributed by atoms with Crippen molar-refractivity contribution in [2.45, 2.75) is 18.2 Å². The molecular formula is C21H26N2O5S. The van der Waals surface area contributed by atoms with Crippen molar-refractivity contribution >= 4 is 21.6 Å². The lowest BCUT2D eigenvalue weighted by molar-refractivity contribution is 0.102. The van der Waals surface area contributed by atoms with Gasteiger partial charge in [0.05, 0.1) is 19.1 Å². The van der Waals surface area contributed by atoms with Crippen molar-refractivity contribution in [1.82, 2.24) is 4.31 Å². The summed E-state index contributed by atoms with van der Waals surface area (Å²) in [6.07, 6.45) is 2.20. The van der Waals surface area contributed by atoms with Crippen molar-refractivity contribution in [1.29, 1.82) is 0 Å². The highest BCUT2D eigenvalue weighted by Crippen LogP contribution is 2.33. The standard InChI is InChI=1S/C21H26N2O5S/c1-7-8-15-11-16(12-18(27-5)20(15)28-6)21(24)22-17-10-9-14(2)19(13-17)29(25,26)23(3)4/h7,9-13H,1,8H2,2-6H3,(H,22,24). The minimum atomic E-state index is -3.63. The molecule has 2 aromatic rings. The Kier molecular flexibility index (Phi) is 7.05. The van der Waals surface area contributed by atoms with Gasteiger partial charge in [0, 0.05) is 30.9 Å². The van der Waals surface area contributed by atoms with Gasteiger partial charge in [0.15, 0.2) is 11.5 Å². The van der Waals surface area contributed by atoms with Gasteiger partial charge in [-0.15, -0.1) is 6.58 Å². The molecule has 156 valence electrons. The number of nitrogens with one attached hydrogen (secondary N) is 1. The van der Waals surface area contributed by atoms with E-state index in [-0.39, 0.29) is 4.90 Å². The zero-order valence-corrected chi connectivity index (χ0v) is 18.1. The number of allylic oxidation sites excluding steroid dienone is 1. The number of carbonyl (C=O) groups is 1. The summed E-state index contributed by atoms with van der Waals surface area (Å²) in [7, 11) is 2.32. The first-order chi connectivity index (χ1) is 13.6. The molecule has 1 N–H and O–H groups in total. The van der Waals surface area contributed by atoms with Gasteiger partial charge in [-0.05, 0) is 43.2 Å². The van der Waals surface area contributed by atoms with Gasteiger partial charge in [0.1, 0.15) is 0 Å². The Labute approximate surface area is 172 Å². The van der Waals surface area contributed by atoms with E-state index in [0.29, 0.717) is 34.7 Å². The van der Waals surface area contributed by atoms with Crippen LogP contribution in [0.4, 0.5) is 5.69 Å². The number of anilines is 1. The SMILES string of the molecule is C=CCc1cc(C(=O)Nc2ccc(C)c(S(=O)(=O)N(C)C)c2)cc(OC)c1OC. The van der Waals surface area contributed by atoms with E-state index >= 15 is 0 Å². The molecule has 0 aliphatic carbocycles. The highest BCUT2D eigenvalue weighted by molar-refractivity contribution is 7.89. The second-order valence-electron chi connectivity index (χ2n) is 6.59. The molecule has 0 fully saturated rings. The summed E-state index contributed by atoms with van der Waals surface area (Å²) in [5.41, 5.74) is 2.08. The first-order valence-corrected chi connectivity index (χ1v) is 10.3. The van der Waals surface area contributed by atoms with Crippen LogP contribution in [0.15, 0.2) is 47.9 Å². The van der Waals surface area contributed by atoms with Crippen LogP contribution < -0.4 is 14.8 Å². The maximum absolute atomic E-state index is 12.8. The number of ether oxygens (including phenoxy) is 2. The molecule has 7 nitrogen and oxygen atoms in total. The molecule has 8 heteroatoms. The number of nitrogens with zero attached hydrogens (tertiary/aromatic N) is 1. The third-order valence-electron chi connectivity index (χ3n) is 4.39. The van der Waals surface area contributed by atoms with Gasteiger partial charge in [-0.25, -0.2) is 12.7 Å². The normalized spacial score (nSPS) is 11.2. The van der Waals surface area contributed by atoms with Crippen LogP contribution in [0.25, 0.3) is 0 Å². The number of methoxy groups -OCH3 is 2. The monoisotopic (exact) mass is 418 g/mol. The minimum absolute atomic E-state index is 0.139. The molecule has 0 saturated carbocycles. The van der Waals surface area contributed by atoms with Gasteiger partial charge in [0.2, 0.25) is 10.0 Å². The minimum Gasteiger partial charge on any atom is -0.493 e. The second kappa shape index (κ2) is 9.11. The number of rotatable bonds is 8. The molecule has 0 aromatic heterocycles. The smallest absolute Gasteiger partial charge is 0.255 e. The molecule has 0 heterocycles. The Bertz CT molecular complexity index is 1030. The number of carbonyl (C=O) groups excluding carboxylic acids is 1. The van der Waals surface area contributed by atoms with E-state index in [9.17, 15) is 13.2 Å². The van der Waals surface area contributed by atoms with E-state index in [2.05, 4.69) is 11.9 Å². The molecule has 0 spiro atoms. The number of amides is 1. The van der Waals surface area contributed by atoms with Crippen molar-refractivity contribution in [2.75, 3.05) is 33.6 Å². The van der Waals surface area contributed by atoms with Crippen molar-refractivity contribution in [2.24, 2.45) is 0 Å². The number of sulfonamides is 1. The highest BCUT2D eigenvalue weighted by atomic mass is 32.2. The Morgan fingerprint density at radius 1 is 1.17 bits per heavy atom. The Morgan fingerprint density at radius 3 is 2.41 bits per heavy atom. The topological polar surface area (TPSA) is 84.9 Å². The Balaban J connectivity index is 2.43. The zero-order valence-electron chi connectivity index (χ0n) is 17.3. The van der Waals surface area contributed by atoms with E-state index in [1.54, 1.807) is 37.3 Å². The third-order valence-corrected chi connectivity index (χ3v) is 6.34. The number of benzene rings is 2. The molecule has 0 unspecified atom stereocenters. The summed E-state index contributed by atoms with van der Waals surface area (Å²) in [5, 5.41) is 2.75. The van der Waals surface area contributed by atoms with Crippen LogP contribution in [0.3, 0.4) is 0 Å². The number of hydrogen-bond donors (Lipinski definition) is 1. The predicted octanol–water partition coefficient (Wildman–Crippen LogP) is 3.24. The Morgan fingerprint density at radius 2 is 1.86 bits per heavy atom. The third kappa shape index (κ3) is 4.78. The molecule has 2 rings (SSSR count). The summed E-state index contributed by atoms with van der Waals surface area (Å²) in [6, 6.07) is 8.04. The average Bonchev–Trinajstić information content (AvgIpc) is 2.68. The molecule has 2 aromatic carbocycles. The van der Waals surface area contributed by atoms with Crippen LogP contribution in [0.1, 0.15) is 21.5 Å². The molecule has 0 radical (unpaired) electrons. The molecule has 0 atom stereocenters. The molecule has 0 saturated heterocycles. The average molecular weight is 419 g/mol.